The van der Waals surface area contributed by atoms with Crippen LogP contribution in [0.2, 0.25) is 0 Å². The molecule has 2 aromatic rings. The molecule has 26 heavy (non-hydrogen) atoms. The maximum atomic E-state index is 12.2. The number of benzene rings is 2. The number of amides is 1. The van der Waals surface area contributed by atoms with Gasteiger partial charge < -0.3 is 14.8 Å². The second kappa shape index (κ2) is 8.84. The Morgan fingerprint density at radius 2 is 1.85 bits per heavy atom. The molecular weight excluding hydrogens is 336 g/mol. The van der Waals surface area contributed by atoms with Crippen molar-refractivity contribution in [2.75, 3.05) is 20.8 Å². The van der Waals surface area contributed by atoms with Gasteiger partial charge in [0.2, 0.25) is 0 Å². The molecule has 138 valence electrons. The van der Waals surface area contributed by atoms with E-state index in [0.29, 0.717) is 29.2 Å². The van der Waals surface area contributed by atoms with Crippen LogP contribution in [0.3, 0.4) is 0 Å². The average molecular weight is 358 g/mol. The number of nitrogens with zero attached hydrogens (tertiary/aromatic N) is 1. The number of hydrogen-bond donors (Lipinski definition) is 1. The standard InChI is InChI=1S/C19H22N2O5/c1-13-11-15(7-8-16(13)21(23)24)19(22)20-10-4-5-14-6-9-17(25-2)18(12-14)26-3/h6-9,11-12H,4-5,10H2,1-3H3,(H,20,22). The average Bonchev–Trinajstić information content (AvgIpc) is 2.64. The summed E-state index contributed by atoms with van der Waals surface area (Å²) < 4.78 is 10.5. The molecule has 0 aliphatic rings. The van der Waals surface area contributed by atoms with Gasteiger partial charge in [-0.05, 0) is 49.6 Å². The third-order valence-electron chi connectivity index (χ3n) is 4.03. The van der Waals surface area contributed by atoms with E-state index in [1.165, 1.54) is 18.2 Å². The number of nitro groups is 1. The van der Waals surface area contributed by atoms with Crippen molar-refractivity contribution in [1.82, 2.24) is 5.32 Å². The Morgan fingerprint density at radius 1 is 1.12 bits per heavy atom. The fourth-order valence-corrected chi connectivity index (χ4v) is 2.63. The highest BCUT2D eigenvalue weighted by atomic mass is 16.6. The first-order valence-electron chi connectivity index (χ1n) is 8.20. The van der Waals surface area contributed by atoms with Crippen LogP contribution in [0, 0.1) is 17.0 Å². The van der Waals surface area contributed by atoms with Crippen molar-refractivity contribution in [3.05, 3.63) is 63.2 Å². The molecule has 0 spiro atoms. The van der Waals surface area contributed by atoms with Gasteiger partial charge in [-0.25, -0.2) is 0 Å². The van der Waals surface area contributed by atoms with Crippen LogP contribution in [0.15, 0.2) is 36.4 Å². The molecule has 0 bridgehead atoms. The Hall–Kier alpha value is -3.09. The number of ether oxygens (including phenoxy) is 2. The zero-order valence-corrected chi connectivity index (χ0v) is 15.1. The highest BCUT2D eigenvalue weighted by Gasteiger charge is 2.13. The minimum Gasteiger partial charge on any atom is -0.493 e. The molecule has 0 aliphatic carbocycles. The van der Waals surface area contributed by atoms with Gasteiger partial charge in [0.1, 0.15) is 0 Å². The number of carbonyl (C=O) groups is 1. The number of aryl methyl sites for hydroxylation is 2. The summed E-state index contributed by atoms with van der Waals surface area (Å²) in [6, 6.07) is 10.1. The summed E-state index contributed by atoms with van der Waals surface area (Å²) in [6.07, 6.45) is 1.53. The van der Waals surface area contributed by atoms with Gasteiger partial charge in [0.15, 0.2) is 11.5 Å². The maximum Gasteiger partial charge on any atom is 0.272 e. The first-order chi connectivity index (χ1) is 12.5. The lowest BCUT2D eigenvalue weighted by Gasteiger charge is -2.10. The lowest BCUT2D eigenvalue weighted by atomic mass is 10.1. The fourth-order valence-electron chi connectivity index (χ4n) is 2.63. The summed E-state index contributed by atoms with van der Waals surface area (Å²) in [4.78, 5) is 22.5. The van der Waals surface area contributed by atoms with Gasteiger partial charge >= 0.3 is 0 Å². The van der Waals surface area contributed by atoms with Crippen molar-refractivity contribution in [2.45, 2.75) is 19.8 Å². The Labute approximate surface area is 152 Å². The molecule has 0 unspecified atom stereocenters. The van der Waals surface area contributed by atoms with E-state index in [4.69, 9.17) is 9.47 Å². The van der Waals surface area contributed by atoms with E-state index >= 15 is 0 Å². The predicted molar refractivity (Wildman–Crippen MR) is 98.0 cm³/mol. The molecule has 0 atom stereocenters. The van der Waals surface area contributed by atoms with E-state index in [2.05, 4.69) is 5.32 Å². The third kappa shape index (κ3) is 4.72. The highest BCUT2D eigenvalue weighted by molar-refractivity contribution is 5.94. The Morgan fingerprint density at radius 3 is 2.46 bits per heavy atom. The van der Waals surface area contributed by atoms with E-state index in [0.717, 1.165) is 18.4 Å². The molecule has 7 nitrogen and oxygen atoms in total. The highest BCUT2D eigenvalue weighted by Crippen LogP contribution is 2.27. The van der Waals surface area contributed by atoms with Crippen molar-refractivity contribution < 1.29 is 19.2 Å². The summed E-state index contributed by atoms with van der Waals surface area (Å²) in [5.74, 6) is 1.11. The van der Waals surface area contributed by atoms with Gasteiger partial charge in [0.05, 0.1) is 19.1 Å². The molecule has 0 saturated heterocycles. The van der Waals surface area contributed by atoms with Gasteiger partial charge in [-0.3, -0.25) is 14.9 Å². The summed E-state index contributed by atoms with van der Waals surface area (Å²) in [5.41, 5.74) is 1.98. The third-order valence-corrected chi connectivity index (χ3v) is 4.03. The zero-order chi connectivity index (χ0) is 19.1. The van der Waals surface area contributed by atoms with Crippen LogP contribution >= 0.6 is 0 Å². The van der Waals surface area contributed by atoms with Gasteiger partial charge in [-0.15, -0.1) is 0 Å². The summed E-state index contributed by atoms with van der Waals surface area (Å²) in [6.45, 7) is 2.12. The maximum absolute atomic E-state index is 12.2. The van der Waals surface area contributed by atoms with Gasteiger partial charge in [0.25, 0.3) is 11.6 Å². The van der Waals surface area contributed by atoms with Gasteiger partial charge in [-0.1, -0.05) is 6.07 Å². The van der Waals surface area contributed by atoms with Crippen LogP contribution in [0.4, 0.5) is 5.69 Å². The first-order valence-corrected chi connectivity index (χ1v) is 8.20. The molecule has 0 fully saturated rings. The zero-order valence-electron chi connectivity index (χ0n) is 15.1. The van der Waals surface area contributed by atoms with E-state index in [1.54, 1.807) is 21.1 Å². The Bertz CT molecular complexity index is 805. The normalized spacial score (nSPS) is 10.3. The summed E-state index contributed by atoms with van der Waals surface area (Å²) in [5, 5.41) is 13.7. The largest absolute Gasteiger partial charge is 0.493 e. The number of nitrogens with one attached hydrogen (secondary N) is 1. The van der Waals surface area contributed by atoms with Crippen molar-refractivity contribution in [1.29, 1.82) is 0 Å². The van der Waals surface area contributed by atoms with E-state index < -0.39 is 4.92 Å². The smallest absolute Gasteiger partial charge is 0.272 e. The lowest BCUT2D eigenvalue weighted by molar-refractivity contribution is -0.385. The number of nitro benzene ring substituents is 1. The molecule has 1 amide bonds. The Balaban J connectivity index is 1.87. The number of rotatable bonds is 8. The molecule has 0 saturated carbocycles. The van der Waals surface area contributed by atoms with E-state index in [-0.39, 0.29) is 11.6 Å². The molecule has 2 aromatic carbocycles. The van der Waals surface area contributed by atoms with Gasteiger partial charge in [-0.2, -0.15) is 0 Å². The number of hydrogen-bond acceptors (Lipinski definition) is 5. The molecule has 0 aromatic heterocycles. The number of methoxy groups -OCH3 is 2. The molecule has 0 radical (unpaired) electrons. The molecule has 0 heterocycles. The molecule has 7 heteroatoms. The van der Waals surface area contributed by atoms with E-state index in [1.807, 2.05) is 18.2 Å². The minimum absolute atomic E-state index is 0.00926. The summed E-state index contributed by atoms with van der Waals surface area (Å²) in [7, 11) is 3.18. The fraction of sp³-hybridized carbons (Fsp3) is 0.316. The van der Waals surface area contributed by atoms with Crippen LogP contribution in [0.1, 0.15) is 27.9 Å². The van der Waals surface area contributed by atoms with Crippen molar-refractivity contribution in [2.24, 2.45) is 0 Å². The first kappa shape index (κ1) is 19.2. The second-order valence-electron chi connectivity index (χ2n) is 5.81. The molecule has 1 N–H and O–H groups in total. The summed E-state index contributed by atoms with van der Waals surface area (Å²) >= 11 is 0. The SMILES string of the molecule is COc1ccc(CCCNC(=O)c2ccc([N+](=O)[O-])c(C)c2)cc1OC. The monoisotopic (exact) mass is 358 g/mol. The van der Waals surface area contributed by atoms with Crippen LogP contribution < -0.4 is 14.8 Å². The minimum atomic E-state index is -0.458. The topological polar surface area (TPSA) is 90.7 Å². The van der Waals surface area contributed by atoms with Crippen LogP contribution in [-0.4, -0.2) is 31.6 Å². The van der Waals surface area contributed by atoms with E-state index in [9.17, 15) is 14.9 Å². The molecular formula is C19H22N2O5. The van der Waals surface area contributed by atoms with Gasteiger partial charge in [0, 0.05) is 23.7 Å². The van der Waals surface area contributed by atoms with Crippen molar-refractivity contribution in [3.8, 4) is 11.5 Å². The van der Waals surface area contributed by atoms with Crippen molar-refractivity contribution >= 4 is 11.6 Å². The van der Waals surface area contributed by atoms with Crippen LogP contribution in [0.25, 0.3) is 0 Å². The lowest BCUT2D eigenvalue weighted by Crippen LogP contribution is -2.24. The molecule has 0 aliphatic heterocycles. The van der Waals surface area contributed by atoms with Crippen LogP contribution in [-0.2, 0) is 6.42 Å². The predicted octanol–water partition coefficient (Wildman–Crippen LogP) is 3.28. The molecule has 2 rings (SSSR count). The second-order valence-corrected chi connectivity index (χ2v) is 5.81. The van der Waals surface area contributed by atoms with Crippen LogP contribution in [0.5, 0.6) is 11.5 Å². The quantitative estimate of drug-likeness (QED) is 0.444. The number of carbonyl (C=O) groups excluding carboxylic acids is 1. The Kier molecular flexibility index (Phi) is 6.54. The van der Waals surface area contributed by atoms with Crippen molar-refractivity contribution in [3.63, 3.8) is 0 Å².